The zero-order valence-corrected chi connectivity index (χ0v) is 10.1. The summed E-state index contributed by atoms with van der Waals surface area (Å²) < 4.78 is 5.09. The van der Waals surface area contributed by atoms with Crippen molar-refractivity contribution in [2.24, 2.45) is 0 Å². The van der Waals surface area contributed by atoms with Gasteiger partial charge in [0.05, 0.1) is 13.2 Å². The van der Waals surface area contributed by atoms with Crippen molar-refractivity contribution in [1.29, 1.82) is 0 Å². The monoisotopic (exact) mass is 223 g/mol. The topological polar surface area (TPSA) is 41.5 Å². The number of hydrogen-bond acceptors (Lipinski definition) is 3. The molecule has 0 bridgehead atoms. The molecule has 3 nitrogen and oxygen atoms in total. The Morgan fingerprint density at radius 2 is 2.12 bits per heavy atom. The van der Waals surface area contributed by atoms with Crippen LogP contribution in [0, 0.1) is 0 Å². The molecule has 16 heavy (non-hydrogen) atoms. The first-order chi connectivity index (χ1) is 7.80. The van der Waals surface area contributed by atoms with Crippen LogP contribution >= 0.6 is 0 Å². The van der Waals surface area contributed by atoms with Gasteiger partial charge in [0.1, 0.15) is 0 Å². The largest absolute Gasteiger partial charge is 0.395 e. The summed E-state index contributed by atoms with van der Waals surface area (Å²) in [4.78, 5) is 0. The molecule has 1 aromatic carbocycles. The summed E-state index contributed by atoms with van der Waals surface area (Å²) in [6.45, 7) is 3.69. The lowest BCUT2D eigenvalue weighted by Crippen LogP contribution is -2.31. The Balaban J connectivity index is 2.49. The van der Waals surface area contributed by atoms with E-state index in [-0.39, 0.29) is 12.6 Å². The molecule has 0 aliphatic carbocycles. The molecule has 3 heteroatoms. The third-order valence-corrected chi connectivity index (χ3v) is 2.61. The van der Waals surface area contributed by atoms with E-state index in [1.54, 1.807) is 7.11 Å². The summed E-state index contributed by atoms with van der Waals surface area (Å²) in [5, 5.41) is 12.4. The highest BCUT2D eigenvalue weighted by molar-refractivity contribution is 5.22. The van der Waals surface area contributed by atoms with E-state index in [4.69, 9.17) is 9.84 Å². The molecular formula is C13H21NO2. The van der Waals surface area contributed by atoms with Gasteiger partial charge in [-0.1, -0.05) is 31.2 Å². The van der Waals surface area contributed by atoms with Gasteiger partial charge in [0.25, 0.3) is 0 Å². The number of methoxy groups -OCH3 is 1. The number of benzene rings is 1. The fourth-order valence-electron chi connectivity index (χ4n) is 1.60. The van der Waals surface area contributed by atoms with Gasteiger partial charge in [0.15, 0.2) is 0 Å². The zero-order valence-electron chi connectivity index (χ0n) is 10.1. The van der Waals surface area contributed by atoms with Crippen LogP contribution in [0.2, 0.25) is 0 Å². The molecule has 0 aromatic heterocycles. The second kappa shape index (κ2) is 7.39. The van der Waals surface area contributed by atoms with E-state index in [0.29, 0.717) is 6.61 Å². The summed E-state index contributed by atoms with van der Waals surface area (Å²) in [6.07, 6.45) is 0.939. The minimum absolute atomic E-state index is 0.186. The molecule has 1 rings (SSSR count). The van der Waals surface area contributed by atoms with Crippen LogP contribution in [-0.2, 0) is 17.9 Å². The lowest BCUT2D eigenvalue weighted by molar-refractivity contribution is 0.185. The molecule has 0 heterocycles. The number of rotatable bonds is 7. The van der Waals surface area contributed by atoms with Crippen LogP contribution in [-0.4, -0.2) is 24.9 Å². The van der Waals surface area contributed by atoms with E-state index >= 15 is 0 Å². The molecule has 1 aromatic rings. The van der Waals surface area contributed by atoms with Crippen molar-refractivity contribution in [2.45, 2.75) is 32.5 Å². The number of nitrogens with one attached hydrogen (secondary N) is 1. The predicted molar refractivity (Wildman–Crippen MR) is 65.2 cm³/mol. The van der Waals surface area contributed by atoms with Crippen LogP contribution in [0.3, 0.4) is 0 Å². The average Bonchev–Trinajstić information content (AvgIpc) is 2.31. The molecule has 0 aliphatic heterocycles. The number of aliphatic hydroxyl groups is 1. The Morgan fingerprint density at radius 3 is 2.75 bits per heavy atom. The van der Waals surface area contributed by atoms with E-state index in [1.165, 1.54) is 11.1 Å². The molecule has 0 fully saturated rings. The Labute approximate surface area is 97.4 Å². The average molecular weight is 223 g/mol. The lowest BCUT2D eigenvalue weighted by Gasteiger charge is -2.14. The molecule has 0 spiro atoms. The Bertz CT molecular complexity index is 298. The molecule has 0 saturated heterocycles. The zero-order chi connectivity index (χ0) is 11.8. The van der Waals surface area contributed by atoms with Crippen molar-refractivity contribution in [3.63, 3.8) is 0 Å². The number of aliphatic hydroxyl groups excluding tert-OH is 1. The van der Waals surface area contributed by atoms with Crippen LogP contribution in [0.1, 0.15) is 24.5 Å². The lowest BCUT2D eigenvalue weighted by atomic mass is 10.1. The van der Waals surface area contributed by atoms with E-state index in [1.807, 2.05) is 6.07 Å². The summed E-state index contributed by atoms with van der Waals surface area (Å²) >= 11 is 0. The highest BCUT2D eigenvalue weighted by atomic mass is 16.5. The van der Waals surface area contributed by atoms with Crippen molar-refractivity contribution in [1.82, 2.24) is 5.32 Å². The maximum Gasteiger partial charge on any atom is 0.0713 e. The van der Waals surface area contributed by atoms with Gasteiger partial charge >= 0.3 is 0 Å². The summed E-state index contributed by atoms with van der Waals surface area (Å²) in [5.41, 5.74) is 2.40. The van der Waals surface area contributed by atoms with Gasteiger partial charge in [0.2, 0.25) is 0 Å². The standard InChI is InChI=1S/C13H21NO2/c1-3-13(9-15)14-8-11-5-4-6-12(7-11)10-16-2/h4-7,13-15H,3,8-10H2,1-2H3/t13-/m1/s1. The maximum atomic E-state index is 9.06. The number of ether oxygens (including phenoxy) is 1. The first-order valence-corrected chi connectivity index (χ1v) is 5.71. The van der Waals surface area contributed by atoms with Gasteiger partial charge in [-0.25, -0.2) is 0 Å². The number of hydrogen-bond donors (Lipinski definition) is 2. The summed E-state index contributed by atoms with van der Waals surface area (Å²) in [6, 6.07) is 8.48. The first-order valence-electron chi connectivity index (χ1n) is 5.71. The van der Waals surface area contributed by atoms with E-state index in [0.717, 1.165) is 13.0 Å². The molecule has 1 atom stereocenters. The van der Waals surface area contributed by atoms with Gasteiger partial charge in [0, 0.05) is 19.7 Å². The summed E-state index contributed by atoms with van der Waals surface area (Å²) in [7, 11) is 1.70. The molecule has 0 aliphatic rings. The third kappa shape index (κ3) is 4.31. The molecule has 0 radical (unpaired) electrons. The molecule has 0 unspecified atom stereocenters. The Kier molecular flexibility index (Phi) is 6.08. The molecule has 90 valence electrons. The van der Waals surface area contributed by atoms with Crippen LogP contribution in [0.4, 0.5) is 0 Å². The van der Waals surface area contributed by atoms with Crippen LogP contribution in [0.25, 0.3) is 0 Å². The van der Waals surface area contributed by atoms with Gasteiger partial charge in [-0.3, -0.25) is 0 Å². The van der Waals surface area contributed by atoms with Crippen LogP contribution in [0.15, 0.2) is 24.3 Å². The Hall–Kier alpha value is -0.900. The maximum absolute atomic E-state index is 9.06. The smallest absolute Gasteiger partial charge is 0.0713 e. The first kappa shape index (κ1) is 13.2. The minimum atomic E-state index is 0.186. The van der Waals surface area contributed by atoms with Crippen molar-refractivity contribution in [3.8, 4) is 0 Å². The van der Waals surface area contributed by atoms with Gasteiger partial charge < -0.3 is 15.2 Å². The van der Waals surface area contributed by atoms with Gasteiger partial charge in [-0.05, 0) is 17.5 Å². The Morgan fingerprint density at radius 1 is 1.38 bits per heavy atom. The minimum Gasteiger partial charge on any atom is -0.395 e. The van der Waals surface area contributed by atoms with Crippen molar-refractivity contribution < 1.29 is 9.84 Å². The van der Waals surface area contributed by atoms with Gasteiger partial charge in [-0.2, -0.15) is 0 Å². The fourth-order valence-corrected chi connectivity index (χ4v) is 1.60. The highest BCUT2D eigenvalue weighted by Crippen LogP contribution is 2.06. The molecule has 0 amide bonds. The van der Waals surface area contributed by atoms with E-state index in [9.17, 15) is 0 Å². The predicted octanol–water partition coefficient (Wildman–Crippen LogP) is 1.69. The van der Waals surface area contributed by atoms with Crippen LogP contribution in [0.5, 0.6) is 0 Å². The summed E-state index contributed by atoms with van der Waals surface area (Å²) in [5.74, 6) is 0. The van der Waals surface area contributed by atoms with Crippen LogP contribution < -0.4 is 5.32 Å². The SMILES string of the molecule is CC[C@H](CO)NCc1cccc(COC)c1. The van der Waals surface area contributed by atoms with E-state index in [2.05, 4.69) is 30.4 Å². The fraction of sp³-hybridized carbons (Fsp3) is 0.538. The van der Waals surface area contributed by atoms with Crippen molar-refractivity contribution in [2.75, 3.05) is 13.7 Å². The second-order valence-corrected chi connectivity index (χ2v) is 3.92. The highest BCUT2D eigenvalue weighted by Gasteiger charge is 2.03. The molecule has 2 N–H and O–H groups in total. The van der Waals surface area contributed by atoms with E-state index < -0.39 is 0 Å². The second-order valence-electron chi connectivity index (χ2n) is 3.92. The quantitative estimate of drug-likeness (QED) is 0.739. The van der Waals surface area contributed by atoms with Crippen molar-refractivity contribution >= 4 is 0 Å². The van der Waals surface area contributed by atoms with Crippen molar-refractivity contribution in [3.05, 3.63) is 35.4 Å². The molecular weight excluding hydrogens is 202 g/mol. The van der Waals surface area contributed by atoms with Gasteiger partial charge in [-0.15, -0.1) is 0 Å². The molecule has 0 saturated carbocycles. The third-order valence-electron chi connectivity index (χ3n) is 2.61. The normalized spacial score (nSPS) is 12.7.